The monoisotopic (exact) mass is 509 g/mol. The predicted molar refractivity (Wildman–Crippen MR) is 138 cm³/mol. The SMILES string of the molecule is C=C(C)/C=C\C(=O)C(C)CC.Cc1ccc(OCCOCCOCCOCCOCCC(=O)O)nc1. The first-order chi connectivity index (χ1) is 17.3. The minimum Gasteiger partial charge on any atom is -0.481 e. The molecule has 0 radical (unpaired) electrons. The van der Waals surface area contributed by atoms with E-state index in [0.29, 0.717) is 58.7 Å². The van der Waals surface area contributed by atoms with Crippen LogP contribution in [-0.4, -0.2) is 81.3 Å². The van der Waals surface area contributed by atoms with Crippen LogP contribution in [0.1, 0.15) is 39.2 Å². The number of aryl methyl sites for hydroxylation is 1. The molecule has 0 amide bonds. The van der Waals surface area contributed by atoms with Gasteiger partial charge in [-0.3, -0.25) is 9.59 Å². The molecule has 1 atom stereocenters. The first kappa shape index (κ1) is 33.4. The van der Waals surface area contributed by atoms with Crippen molar-refractivity contribution < 1.29 is 38.4 Å². The standard InChI is InChI=1S/C17H27NO7.C10H16O/c1-15-2-3-16(18-14-15)25-13-12-24-11-10-23-9-8-22-7-6-21-5-4-17(19)20;1-5-9(4)10(11)7-6-8(2)3/h2-3,14H,4-13H2,1H3,(H,19,20);6-7,9H,2,5H2,1,3-4H3/b;7-6-. The Kier molecular flexibility index (Phi) is 21.2. The molecule has 0 spiro atoms. The highest BCUT2D eigenvalue weighted by Gasteiger charge is 2.05. The van der Waals surface area contributed by atoms with E-state index in [9.17, 15) is 9.59 Å². The molecular weight excluding hydrogens is 466 g/mol. The first-order valence-electron chi connectivity index (χ1n) is 12.2. The van der Waals surface area contributed by atoms with Crippen molar-refractivity contribution >= 4 is 11.8 Å². The van der Waals surface area contributed by atoms with E-state index in [1.165, 1.54) is 0 Å². The Hall–Kier alpha value is -2.59. The zero-order valence-electron chi connectivity index (χ0n) is 22.2. The van der Waals surface area contributed by atoms with Crippen LogP contribution in [0.5, 0.6) is 5.88 Å². The molecule has 0 aromatic carbocycles. The Balaban J connectivity index is 0.000000935. The Labute approximate surface area is 215 Å². The second-order valence-electron chi connectivity index (χ2n) is 8.01. The lowest BCUT2D eigenvalue weighted by Gasteiger charge is -2.08. The summed E-state index contributed by atoms with van der Waals surface area (Å²) < 4.78 is 26.5. The van der Waals surface area contributed by atoms with Gasteiger partial charge in [0, 0.05) is 18.2 Å². The molecular formula is C27H43NO8. The quantitative estimate of drug-likeness (QED) is 0.158. The van der Waals surface area contributed by atoms with Crippen molar-refractivity contribution in [2.24, 2.45) is 5.92 Å². The van der Waals surface area contributed by atoms with E-state index < -0.39 is 5.97 Å². The fourth-order valence-electron chi connectivity index (χ4n) is 2.26. The van der Waals surface area contributed by atoms with Crippen LogP contribution in [0.3, 0.4) is 0 Å². The molecule has 1 rings (SSSR count). The summed E-state index contributed by atoms with van der Waals surface area (Å²) in [5, 5.41) is 8.42. The number of rotatable bonds is 20. The normalized spacial score (nSPS) is 11.6. The van der Waals surface area contributed by atoms with Crippen molar-refractivity contribution in [3.05, 3.63) is 48.2 Å². The molecule has 1 aromatic heterocycles. The molecule has 9 heteroatoms. The predicted octanol–water partition coefficient (Wildman–Crippen LogP) is 4.04. The highest BCUT2D eigenvalue weighted by atomic mass is 16.6. The number of ether oxygens (including phenoxy) is 5. The third-order valence-electron chi connectivity index (χ3n) is 4.57. The summed E-state index contributed by atoms with van der Waals surface area (Å²) in [4.78, 5) is 25.5. The lowest BCUT2D eigenvalue weighted by Crippen LogP contribution is -2.14. The average molecular weight is 510 g/mol. The lowest BCUT2D eigenvalue weighted by atomic mass is 10.0. The average Bonchev–Trinajstić information content (AvgIpc) is 2.85. The number of hydrogen-bond donors (Lipinski definition) is 1. The van der Waals surface area contributed by atoms with Gasteiger partial charge in [-0.25, -0.2) is 4.98 Å². The van der Waals surface area contributed by atoms with E-state index in [2.05, 4.69) is 11.6 Å². The van der Waals surface area contributed by atoms with Crippen LogP contribution < -0.4 is 4.74 Å². The van der Waals surface area contributed by atoms with E-state index in [4.69, 9.17) is 28.8 Å². The number of carbonyl (C=O) groups excluding carboxylic acids is 1. The third-order valence-corrected chi connectivity index (χ3v) is 4.57. The molecule has 1 N–H and O–H groups in total. The van der Waals surface area contributed by atoms with Crippen molar-refractivity contribution in [3.8, 4) is 5.88 Å². The number of aromatic nitrogens is 1. The topological polar surface area (TPSA) is 113 Å². The summed E-state index contributed by atoms with van der Waals surface area (Å²) in [6.45, 7) is 15.3. The number of carboxylic acids is 1. The number of aliphatic carboxylic acids is 1. The van der Waals surface area contributed by atoms with Crippen molar-refractivity contribution in [2.45, 2.75) is 40.5 Å². The van der Waals surface area contributed by atoms with Gasteiger partial charge in [-0.2, -0.15) is 0 Å². The van der Waals surface area contributed by atoms with Gasteiger partial charge in [0.1, 0.15) is 6.61 Å². The third kappa shape index (κ3) is 21.9. The zero-order chi connectivity index (χ0) is 27.0. The zero-order valence-corrected chi connectivity index (χ0v) is 22.2. The molecule has 0 saturated heterocycles. The number of hydrogen-bond acceptors (Lipinski definition) is 8. The van der Waals surface area contributed by atoms with Crippen molar-refractivity contribution in [1.29, 1.82) is 0 Å². The van der Waals surface area contributed by atoms with Crippen LogP contribution >= 0.6 is 0 Å². The fraction of sp³-hybridized carbons (Fsp3) is 0.593. The van der Waals surface area contributed by atoms with E-state index >= 15 is 0 Å². The molecule has 0 aliphatic rings. The summed E-state index contributed by atoms with van der Waals surface area (Å²) in [5.74, 6) is 0.0607. The number of ketones is 1. The van der Waals surface area contributed by atoms with E-state index in [-0.39, 0.29) is 24.7 Å². The van der Waals surface area contributed by atoms with Gasteiger partial charge in [0.05, 0.1) is 59.3 Å². The minimum absolute atomic E-state index is 0.00961. The maximum Gasteiger partial charge on any atom is 0.305 e. The highest BCUT2D eigenvalue weighted by molar-refractivity contribution is 5.91. The molecule has 9 nitrogen and oxygen atoms in total. The number of nitrogens with zero attached hydrogens (tertiary/aromatic N) is 1. The van der Waals surface area contributed by atoms with E-state index in [1.54, 1.807) is 18.3 Å². The van der Waals surface area contributed by atoms with Crippen LogP contribution in [-0.2, 0) is 28.5 Å². The van der Waals surface area contributed by atoms with Crippen molar-refractivity contribution in [3.63, 3.8) is 0 Å². The summed E-state index contributed by atoms with van der Waals surface area (Å²) in [6, 6.07) is 3.77. The molecule has 0 aliphatic carbocycles. The molecule has 36 heavy (non-hydrogen) atoms. The van der Waals surface area contributed by atoms with Gasteiger partial charge >= 0.3 is 5.97 Å². The Morgan fingerprint density at radius 3 is 1.92 bits per heavy atom. The van der Waals surface area contributed by atoms with Crippen molar-refractivity contribution in [1.82, 2.24) is 4.98 Å². The van der Waals surface area contributed by atoms with Gasteiger partial charge in [-0.05, 0) is 31.9 Å². The summed E-state index contributed by atoms with van der Waals surface area (Å²) in [5.41, 5.74) is 2.01. The van der Waals surface area contributed by atoms with Crippen LogP contribution in [0.25, 0.3) is 0 Å². The molecule has 0 aliphatic heterocycles. The lowest BCUT2D eigenvalue weighted by molar-refractivity contribution is -0.138. The second-order valence-corrected chi connectivity index (χ2v) is 8.01. The van der Waals surface area contributed by atoms with Crippen LogP contribution in [0.4, 0.5) is 0 Å². The van der Waals surface area contributed by atoms with Gasteiger partial charge in [0.15, 0.2) is 5.78 Å². The number of carboxylic acid groups (broad SMARTS) is 1. The molecule has 204 valence electrons. The van der Waals surface area contributed by atoms with Gasteiger partial charge in [-0.1, -0.05) is 38.1 Å². The smallest absolute Gasteiger partial charge is 0.305 e. The first-order valence-corrected chi connectivity index (χ1v) is 12.2. The maximum atomic E-state index is 11.2. The summed E-state index contributed by atoms with van der Waals surface area (Å²) >= 11 is 0. The van der Waals surface area contributed by atoms with Gasteiger partial charge in [0.25, 0.3) is 0 Å². The Bertz CT molecular complexity index is 749. The minimum atomic E-state index is -0.866. The molecule has 0 saturated carbocycles. The van der Waals surface area contributed by atoms with E-state index in [0.717, 1.165) is 17.6 Å². The Morgan fingerprint density at radius 1 is 0.944 bits per heavy atom. The Morgan fingerprint density at radius 2 is 1.47 bits per heavy atom. The van der Waals surface area contributed by atoms with Crippen molar-refractivity contribution in [2.75, 3.05) is 59.5 Å². The molecule has 0 bridgehead atoms. The largest absolute Gasteiger partial charge is 0.481 e. The van der Waals surface area contributed by atoms with Gasteiger partial charge in [-0.15, -0.1) is 0 Å². The number of carbonyl (C=O) groups is 2. The molecule has 1 heterocycles. The second kappa shape index (κ2) is 22.8. The molecule has 0 fully saturated rings. The number of allylic oxidation sites excluding steroid dienone is 3. The summed E-state index contributed by atoms with van der Waals surface area (Å²) in [6.07, 6.45) is 6.04. The summed E-state index contributed by atoms with van der Waals surface area (Å²) in [7, 11) is 0. The molecule has 1 unspecified atom stereocenters. The molecule has 1 aromatic rings. The fourth-order valence-corrected chi connectivity index (χ4v) is 2.26. The maximum absolute atomic E-state index is 11.2. The van der Waals surface area contributed by atoms with Crippen LogP contribution in [0.15, 0.2) is 42.6 Å². The number of pyridine rings is 1. The van der Waals surface area contributed by atoms with Crippen LogP contribution in [0, 0.1) is 12.8 Å². The van der Waals surface area contributed by atoms with E-state index in [1.807, 2.05) is 39.8 Å². The van der Waals surface area contributed by atoms with Gasteiger partial charge in [0.2, 0.25) is 5.88 Å². The van der Waals surface area contributed by atoms with Gasteiger partial charge < -0.3 is 28.8 Å². The van der Waals surface area contributed by atoms with Crippen LogP contribution in [0.2, 0.25) is 0 Å². The highest BCUT2D eigenvalue weighted by Crippen LogP contribution is 2.06.